The molecule has 0 amide bonds. The second-order valence-electron chi connectivity index (χ2n) is 10.0. The second-order valence-corrected chi connectivity index (χ2v) is 12.1. The third-order valence-electron chi connectivity index (χ3n) is 5.88. The van der Waals surface area contributed by atoms with Gasteiger partial charge < -0.3 is 9.47 Å². The van der Waals surface area contributed by atoms with Crippen LogP contribution in [0, 0.1) is 19.7 Å². The lowest BCUT2D eigenvalue weighted by Gasteiger charge is -2.29. The van der Waals surface area contributed by atoms with Gasteiger partial charge in [-0.25, -0.2) is 22.6 Å². The van der Waals surface area contributed by atoms with Crippen LogP contribution < -0.4 is 9.46 Å². The summed E-state index contributed by atoms with van der Waals surface area (Å²) < 4.78 is 55.4. The molecule has 8 nitrogen and oxygen atoms in total. The van der Waals surface area contributed by atoms with E-state index >= 15 is 0 Å². The summed E-state index contributed by atoms with van der Waals surface area (Å²) >= 11 is 6.02. The maximum Gasteiger partial charge on any atom is 0.343 e. The Hall–Kier alpha value is -3.34. The first-order valence-corrected chi connectivity index (χ1v) is 13.9. The average molecular weight is 577 g/mol. The summed E-state index contributed by atoms with van der Waals surface area (Å²) in [6, 6.07) is 10.3. The van der Waals surface area contributed by atoms with E-state index in [1.165, 1.54) is 25.1 Å². The minimum atomic E-state index is -4.64. The molecule has 0 aliphatic heterocycles. The number of sulfonamides is 1. The van der Waals surface area contributed by atoms with Crippen molar-refractivity contribution in [3.8, 4) is 5.75 Å². The molecule has 1 N–H and O–H groups in total. The van der Waals surface area contributed by atoms with Crippen molar-refractivity contribution in [3.05, 3.63) is 87.8 Å². The van der Waals surface area contributed by atoms with Gasteiger partial charge in [0.25, 0.3) is 10.0 Å². The summed E-state index contributed by atoms with van der Waals surface area (Å²) in [5.41, 5.74) is 0.693. The van der Waals surface area contributed by atoms with Crippen LogP contribution in [0.25, 0.3) is 0 Å². The largest absolute Gasteiger partial charge is 0.459 e. The average Bonchev–Trinajstić information content (AvgIpc) is 2.84. The van der Waals surface area contributed by atoms with Gasteiger partial charge in [-0.05, 0) is 69.5 Å². The molecule has 0 saturated heterocycles. The summed E-state index contributed by atoms with van der Waals surface area (Å²) in [4.78, 5) is 29.8. The van der Waals surface area contributed by atoms with Crippen LogP contribution in [-0.4, -0.2) is 37.0 Å². The van der Waals surface area contributed by atoms with E-state index in [2.05, 4.69) is 9.71 Å². The summed E-state index contributed by atoms with van der Waals surface area (Å²) in [6.07, 6.45) is 1.06. The first-order valence-electron chi connectivity index (χ1n) is 12.0. The summed E-state index contributed by atoms with van der Waals surface area (Å²) in [6.45, 7) is 9.87. The molecule has 0 spiro atoms. The van der Waals surface area contributed by atoms with Crippen molar-refractivity contribution in [2.75, 3.05) is 0 Å². The van der Waals surface area contributed by atoms with Crippen LogP contribution in [0.3, 0.4) is 0 Å². The minimum Gasteiger partial charge on any atom is -0.459 e. The molecule has 0 radical (unpaired) electrons. The molecule has 0 aliphatic rings. The van der Waals surface area contributed by atoms with Crippen LogP contribution in [0.4, 0.5) is 4.39 Å². The van der Waals surface area contributed by atoms with Crippen LogP contribution in [0.5, 0.6) is 5.75 Å². The number of benzene rings is 2. The molecule has 2 aromatic carbocycles. The van der Waals surface area contributed by atoms with Gasteiger partial charge in [0.15, 0.2) is 5.75 Å². The number of nitrogens with one attached hydrogen (secondary N) is 1. The Balaban J connectivity index is 2.06. The number of aryl methyl sites for hydroxylation is 1. The Bertz CT molecular complexity index is 1490. The third-order valence-corrected chi connectivity index (χ3v) is 7.47. The van der Waals surface area contributed by atoms with Gasteiger partial charge in [0, 0.05) is 18.2 Å². The van der Waals surface area contributed by atoms with Gasteiger partial charge in [-0.3, -0.25) is 4.79 Å². The fraction of sp³-hybridized carbons (Fsp3) is 0.321. The molecule has 0 fully saturated rings. The van der Waals surface area contributed by atoms with Gasteiger partial charge >= 0.3 is 11.9 Å². The number of hydrogen-bond donors (Lipinski definition) is 1. The van der Waals surface area contributed by atoms with Crippen LogP contribution >= 0.6 is 11.6 Å². The van der Waals surface area contributed by atoms with Crippen molar-refractivity contribution >= 4 is 33.6 Å². The number of halogens is 2. The fourth-order valence-electron chi connectivity index (χ4n) is 3.89. The molecule has 2 atom stereocenters. The smallest absolute Gasteiger partial charge is 0.343 e. The van der Waals surface area contributed by atoms with E-state index in [0.29, 0.717) is 5.56 Å². The van der Waals surface area contributed by atoms with Gasteiger partial charge in [0.05, 0.1) is 10.6 Å². The number of aromatic nitrogens is 1. The van der Waals surface area contributed by atoms with E-state index in [0.717, 1.165) is 17.8 Å². The molecule has 3 aromatic rings. The third kappa shape index (κ3) is 7.40. The van der Waals surface area contributed by atoms with Crippen molar-refractivity contribution in [2.24, 2.45) is 0 Å². The maximum atomic E-state index is 15.0. The maximum absolute atomic E-state index is 15.0. The lowest BCUT2D eigenvalue weighted by atomic mass is 9.88. The molecule has 1 heterocycles. The van der Waals surface area contributed by atoms with Crippen molar-refractivity contribution in [3.63, 3.8) is 0 Å². The highest BCUT2D eigenvalue weighted by Gasteiger charge is 2.38. The number of carbonyl (C=O) groups excluding carboxylic acids is 2. The summed E-state index contributed by atoms with van der Waals surface area (Å²) in [5, 5.41) is -0.669. The van der Waals surface area contributed by atoms with Gasteiger partial charge in [-0.2, -0.15) is 4.72 Å². The Morgan fingerprint density at radius 2 is 1.72 bits per heavy atom. The Labute approximate surface area is 232 Å². The Kier molecular flexibility index (Phi) is 9.15. The first kappa shape index (κ1) is 30.2. The van der Waals surface area contributed by atoms with Gasteiger partial charge in [0.1, 0.15) is 17.5 Å². The van der Waals surface area contributed by atoms with Gasteiger partial charge in [-0.15, -0.1) is 0 Å². The molecule has 0 saturated carbocycles. The lowest BCUT2D eigenvalue weighted by Crippen LogP contribution is -2.47. The predicted octanol–water partition coefficient (Wildman–Crippen LogP) is 5.50. The number of hydrogen-bond acceptors (Lipinski definition) is 7. The van der Waals surface area contributed by atoms with Gasteiger partial charge in [0.2, 0.25) is 5.03 Å². The van der Waals surface area contributed by atoms with E-state index < -0.39 is 56.1 Å². The van der Waals surface area contributed by atoms with E-state index in [9.17, 15) is 22.4 Å². The quantitative estimate of drug-likeness (QED) is 0.352. The Morgan fingerprint density at radius 1 is 1.08 bits per heavy atom. The lowest BCUT2D eigenvalue weighted by molar-refractivity contribution is -0.157. The van der Waals surface area contributed by atoms with Crippen LogP contribution in [0.1, 0.15) is 60.7 Å². The van der Waals surface area contributed by atoms with Crippen LogP contribution in [0.15, 0.2) is 59.8 Å². The monoisotopic (exact) mass is 576 g/mol. The van der Waals surface area contributed by atoms with E-state index in [4.69, 9.17) is 21.1 Å². The molecule has 39 heavy (non-hydrogen) atoms. The standard InChI is InChI=1S/C28H30ClFN2O6S/c1-16-12-13-21(30)23(17(16)2)18(3)24(27(34)38-28(4,5)6)32-39(35,36)25-22(14-20(29)15-31-25)37-26(33)19-10-8-7-9-11-19/h7-15,18,24,32H,1-6H3/t18?,24-/m0/s1. The van der Waals surface area contributed by atoms with Gasteiger partial charge in [-0.1, -0.05) is 42.8 Å². The first-order chi connectivity index (χ1) is 18.1. The molecule has 1 unspecified atom stereocenters. The van der Waals surface area contributed by atoms with Crippen molar-refractivity contribution in [2.45, 2.75) is 64.1 Å². The molecule has 0 bridgehead atoms. The van der Waals surface area contributed by atoms with E-state index in [1.54, 1.807) is 58.9 Å². The topological polar surface area (TPSA) is 112 Å². The zero-order chi connectivity index (χ0) is 29.1. The normalized spacial score (nSPS) is 13.4. The summed E-state index contributed by atoms with van der Waals surface area (Å²) in [5.74, 6) is -3.80. The number of carbonyl (C=O) groups is 2. The Morgan fingerprint density at radius 3 is 2.33 bits per heavy atom. The number of rotatable bonds is 8. The van der Waals surface area contributed by atoms with E-state index in [1.807, 2.05) is 0 Å². The number of pyridine rings is 1. The van der Waals surface area contributed by atoms with E-state index in [-0.39, 0.29) is 16.1 Å². The highest BCUT2D eigenvalue weighted by Crippen LogP contribution is 2.31. The fourth-order valence-corrected chi connectivity index (χ4v) is 5.34. The zero-order valence-corrected chi connectivity index (χ0v) is 24.0. The molecule has 11 heteroatoms. The highest BCUT2D eigenvalue weighted by molar-refractivity contribution is 7.89. The summed E-state index contributed by atoms with van der Waals surface area (Å²) in [7, 11) is -4.64. The second kappa shape index (κ2) is 11.8. The molecule has 3 rings (SSSR count). The van der Waals surface area contributed by atoms with Crippen LogP contribution in [0.2, 0.25) is 5.02 Å². The van der Waals surface area contributed by atoms with Crippen molar-refractivity contribution in [1.29, 1.82) is 0 Å². The number of esters is 2. The molecular formula is C28H30ClFN2O6S. The molecular weight excluding hydrogens is 547 g/mol. The predicted molar refractivity (Wildman–Crippen MR) is 145 cm³/mol. The molecule has 0 aliphatic carbocycles. The minimum absolute atomic E-state index is 0.0133. The molecule has 1 aromatic heterocycles. The van der Waals surface area contributed by atoms with Crippen molar-refractivity contribution < 1.29 is 31.9 Å². The zero-order valence-electron chi connectivity index (χ0n) is 22.4. The highest BCUT2D eigenvalue weighted by atomic mass is 35.5. The molecule has 208 valence electrons. The van der Waals surface area contributed by atoms with Crippen LogP contribution in [-0.2, 0) is 19.6 Å². The SMILES string of the molecule is Cc1ccc(F)c(C(C)[C@H](NS(=O)(=O)c2ncc(Cl)cc2OC(=O)c2ccccc2)C(=O)OC(C)(C)C)c1C. The number of ether oxygens (including phenoxy) is 2. The van der Waals surface area contributed by atoms with Crippen molar-refractivity contribution in [1.82, 2.24) is 9.71 Å². The number of nitrogens with zero attached hydrogens (tertiary/aromatic N) is 1.